The normalized spacial score (nSPS) is 10.3. The van der Waals surface area contributed by atoms with E-state index >= 15 is 0 Å². The molecule has 2 aromatic rings. The smallest absolute Gasteiger partial charge is 0.134 e. The van der Waals surface area contributed by atoms with Crippen LogP contribution in [-0.2, 0) is 13.0 Å². The number of nitrogens with zero attached hydrogens (tertiary/aromatic N) is 4. The van der Waals surface area contributed by atoms with Crippen LogP contribution in [0.25, 0.3) is 0 Å². The summed E-state index contributed by atoms with van der Waals surface area (Å²) < 4.78 is 0. The van der Waals surface area contributed by atoms with Gasteiger partial charge in [0.2, 0.25) is 0 Å². The maximum absolute atomic E-state index is 4.54. The molecule has 0 aliphatic carbocycles. The summed E-state index contributed by atoms with van der Waals surface area (Å²) >= 11 is 0. The molecule has 0 spiro atoms. The van der Waals surface area contributed by atoms with E-state index in [-0.39, 0.29) is 0 Å². The fraction of sp³-hybridized carbons (Fsp3) is 0.357. The van der Waals surface area contributed by atoms with Crippen LogP contribution < -0.4 is 10.2 Å². The van der Waals surface area contributed by atoms with Crippen molar-refractivity contribution in [1.82, 2.24) is 15.0 Å². The Balaban J connectivity index is 2.20. The molecule has 5 heteroatoms. The lowest BCUT2D eigenvalue weighted by Crippen LogP contribution is -2.19. The Morgan fingerprint density at radius 3 is 2.74 bits per heavy atom. The van der Waals surface area contributed by atoms with Crippen molar-refractivity contribution in [1.29, 1.82) is 0 Å². The Hall–Kier alpha value is -2.17. The SMILES string of the molecule is CCc1nc(NC)cc(N(C)Cc2ccccn2)n1. The van der Waals surface area contributed by atoms with Crippen molar-refractivity contribution < 1.29 is 0 Å². The quantitative estimate of drug-likeness (QED) is 0.889. The Kier molecular flexibility index (Phi) is 4.28. The molecule has 0 amide bonds. The second-order valence-corrected chi connectivity index (χ2v) is 4.31. The van der Waals surface area contributed by atoms with Crippen LogP contribution in [0, 0.1) is 0 Å². The number of rotatable bonds is 5. The summed E-state index contributed by atoms with van der Waals surface area (Å²) in [7, 11) is 3.88. The van der Waals surface area contributed by atoms with Crippen molar-refractivity contribution in [3.8, 4) is 0 Å². The molecule has 0 bridgehead atoms. The van der Waals surface area contributed by atoms with Gasteiger partial charge in [0.15, 0.2) is 0 Å². The molecule has 0 aliphatic heterocycles. The topological polar surface area (TPSA) is 53.9 Å². The Labute approximate surface area is 113 Å². The minimum atomic E-state index is 0.726. The van der Waals surface area contributed by atoms with Crippen LogP contribution in [0.2, 0.25) is 0 Å². The molecule has 100 valence electrons. The molecular weight excluding hydrogens is 238 g/mol. The maximum atomic E-state index is 4.54. The highest BCUT2D eigenvalue weighted by Crippen LogP contribution is 2.16. The van der Waals surface area contributed by atoms with E-state index in [4.69, 9.17) is 0 Å². The average Bonchev–Trinajstić information content (AvgIpc) is 2.47. The zero-order valence-corrected chi connectivity index (χ0v) is 11.6. The van der Waals surface area contributed by atoms with E-state index in [0.717, 1.165) is 36.1 Å². The fourth-order valence-electron chi connectivity index (χ4n) is 1.78. The summed E-state index contributed by atoms with van der Waals surface area (Å²) in [4.78, 5) is 15.3. The first-order valence-corrected chi connectivity index (χ1v) is 6.39. The van der Waals surface area contributed by atoms with Gasteiger partial charge in [-0.15, -0.1) is 0 Å². The number of hydrogen-bond donors (Lipinski definition) is 1. The van der Waals surface area contributed by atoms with E-state index in [0.29, 0.717) is 0 Å². The fourth-order valence-corrected chi connectivity index (χ4v) is 1.78. The molecule has 0 saturated heterocycles. The summed E-state index contributed by atoms with van der Waals surface area (Å²) in [6.45, 7) is 2.78. The summed E-state index contributed by atoms with van der Waals surface area (Å²) in [5.74, 6) is 2.59. The number of aromatic nitrogens is 3. The summed E-state index contributed by atoms with van der Waals surface area (Å²) in [5, 5.41) is 3.07. The number of pyridine rings is 1. The minimum Gasteiger partial charge on any atom is -0.373 e. The molecular formula is C14H19N5. The molecule has 0 atom stereocenters. The largest absolute Gasteiger partial charge is 0.373 e. The van der Waals surface area contributed by atoms with Gasteiger partial charge in [-0.25, -0.2) is 9.97 Å². The van der Waals surface area contributed by atoms with E-state index in [1.165, 1.54) is 0 Å². The van der Waals surface area contributed by atoms with Gasteiger partial charge in [-0.2, -0.15) is 0 Å². The number of hydrogen-bond acceptors (Lipinski definition) is 5. The van der Waals surface area contributed by atoms with Crippen molar-refractivity contribution in [3.05, 3.63) is 42.0 Å². The van der Waals surface area contributed by atoms with Gasteiger partial charge in [-0.1, -0.05) is 13.0 Å². The number of nitrogens with one attached hydrogen (secondary N) is 1. The molecule has 1 N–H and O–H groups in total. The van der Waals surface area contributed by atoms with Crippen LogP contribution in [-0.4, -0.2) is 29.0 Å². The van der Waals surface area contributed by atoms with Crippen molar-refractivity contribution >= 4 is 11.6 Å². The summed E-state index contributed by atoms with van der Waals surface area (Å²) in [5.41, 5.74) is 1.02. The van der Waals surface area contributed by atoms with Gasteiger partial charge >= 0.3 is 0 Å². The second-order valence-electron chi connectivity index (χ2n) is 4.31. The highest BCUT2D eigenvalue weighted by atomic mass is 15.2. The van der Waals surface area contributed by atoms with Crippen LogP contribution in [0.15, 0.2) is 30.5 Å². The lowest BCUT2D eigenvalue weighted by Gasteiger charge is -2.19. The average molecular weight is 257 g/mol. The molecule has 0 unspecified atom stereocenters. The van der Waals surface area contributed by atoms with Crippen LogP contribution >= 0.6 is 0 Å². The van der Waals surface area contributed by atoms with Crippen molar-refractivity contribution in [3.63, 3.8) is 0 Å². The lowest BCUT2D eigenvalue weighted by atomic mass is 10.3. The first-order valence-electron chi connectivity index (χ1n) is 6.39. The van der Waals surface area contributed by atoms with E-state index in [1.807, 2.05) is 38.4 Å². The molecule has 19 heavy (non-hydrogen) atoms. The number of anilines is 2. The highest BCUT2D eigenvalue weighted by molar-refractivity contribution is 5.48. The third-order valence-electron chi connectivity index (χ3n) is 2.85. The van der Waals surface area contributed by atoms with Gasteiger partial charge in [0.1, 0.15) is 17.5 Å². The third-order valence-corrected chi connectivity index (χ3v) is 2.85. The first-order chi connectivity index (χ1) is 9.22. The van der Waals surface area contributed by atoms with Gasteiger partial charge in [0.05, 0.1) is 12.2 Å². The molecule has 2 rings (SSSR count). The standard InChI is InChI=1S/C14H19N5/c1-4-12-17-13(15-2)9-14(18-12)19(3)10-11-7-5-6-8-16-11/h5-9H,4,10H2,1-3H3,(H,15,17,18). The summed E-state index contributed by atoms with van der Waals surface area (Å²) in [6.07, 6.45) is 2.62. The van der Waals surface area contributed by atoms with Crippen molar-refractivity contribution in [2.75, 3.05) is 24.3 Å². The van der Waals surface area contributed by atoms with Gasteiger partial charge in [0, 0.05) is 32.8 Å². The Morgan fingerprint density at radius 1 is 1.26 bits per heavy atom. The second kappa shape index (κ2) is 6.13. The molecule has 0 radical (unpaired) electrons. The monoisotopic (exact) mass is 257 g/mol. The molecule has 2 heterocycles. The molecule has 0 aromatic carbocycles. The predicted octanol–water partition coefficient (Wildman–Crippen LogP) is 2.11. The highest BCUT2D eigenvalue weighted by Gasteiger charge is 2.08. The molecule has 0 saturated carbocycles. The van der Waals surface area contributed by atoms with Crippen molar-refractivity contribution in [2.24, 2.45) is 0 Å². The predicted molar refractivity (Wildman–Crippen MR) is 77.3 cm³/mol. The summed E-state index contributed by atoms with van der Waals surface area (Å²) in [6, 6.07) is 7.87. The molecule has 5 nitrogen and oxygen atoms in total. The zero-order chi connectivity index (χ0) is 13.7. The van der Waals surface area contributed by atoms with E-state index in [2.05, 4.69) is 32.1 Å². The maximum Gasteiger partial charge on any atom is 0.134 e. The number of aryl methyl sites for hydroxylation is 1. The van der Waals surface area contributed by atoms with Crippen molar-refractivity contribution in [2.45, 2.75) is 19.9 Å². The Morgan fingerprint density at radius 2 is 2.11 bits per heavy atom. The van der Waals surface area contributed by atoms with E-state index in [1.54, 1.807) is 6.20 Å². The van der Waals surface area contributed by atoms with E-state index in [9.17, 15) is 0 Å². The molecule has 0 fully saturated rings. The van der Waals surface area contributed by atoms with Crippen LogP contribution in [0.3, 0.4) is 0 Å². The van der Waals surface area contributed by atoms with Gasteiger partial charge in [-0.05, 0) is 12.1 Å². The van der Waals surface area contributed by atoms with Gasteiger partial charge in [0.25, 0.3) is 0 Å². The zero-order valence-electron chi connectivity index (χ0n) is 11.6. The Bertz CT molecular complexity index is 504. The molecule has 2 aromatic heterocycles. The van der Waals surface area contributed by atoms with Gasteiger partial charge in [-0.3, -0.25) is 4.98 Å². The molecule has 0 aliphatic rings. The minimum absolute atomic E-state index is 0.726. The first kappa shape index (κ1) is 13.3. The van der Waals surface area contributed by atoms with Crippen LogP contribution in [0.5, 0.6) is 0 Å². The van der Waals surface area contributed by atoms with E-state index < -0.39 is 0 Å². The lowest BCUT2D eigenvalue weighted by molar-refractivity contribution is 0.840. The van der Waals surface area contributed by atoms with Gasteiger partial charge < -0.3 is 10.2 Å². The van der Waals surface area contributed by atoms with Crippen LogP contribution in [0.1, 0.15) is 18.4 Å². The van der Waals surface area contributed by atoms with Crippen LogP contribution in [0.4, 0.5) is 11.6 Å². The third kappa shape index (κ3) is 3.40.